The summed E-state index contributed by atoms with van der Waals surface area (Å²) in [4.78, 5) is 18.1. The average Bonchev–Trinajstić information content (AvgIpc) is 3.20. The third-order valence-corrected chi connectivity index (χ3v) is 7.45. The summed E-state index contributed by atoms with van der Waals surface area (Å²) < 4.78 is 4.29. The van der Waals surface area contributed by atoms with Gasteiger partial charge in [-0.2, -0.15) is 5.10 Å². The minimum atomic E-state index is -0.218. The van der Waals surface area contributed by atoms with Crippen molar-refractivity contribution in [1.82, 2.24) is 19.3 Å². The summed E-state index contributed by atoms with van der Waals surface area (Å²) in [5.74, 6) is 0. The number of alkyl halides is 2. The van der Waals surface area contributed by atoms with Crippen LogP contribution in [0.1, 0.15) is 5.69 Å². The first-order valence-electron chi connectivity index (χ1n) is 9.17. The number of hydrogen-bond donors (Lipinski definition) is 1. The van der Waals surface area contributed by atoms with Gasteiger partial charge in [-0.1, -0.05) is 59.9 Å². The van der Waals surface area contributed by atoms with Crippen LogP contribution in [0.4, 0.5) is 0 Å². The molecule has 0 saturated carbocycles. The molecule has 6 nitrogen and oxygen atoms in total. The lowest BCUT2D eigenvalue weighted by Gasteiger charge is -2.14. The maximum atomic E-state index is 13.4. The highest BCUT2D eigenvalue weighted by molar-refractivity contribution is 9.12. The van der Waals surface area contributed by atoms with E-state index >= 15 is 0 Å². The molecule has 2 aromatic carbocycles. The molecule has 9 heteroatoms. The van der Waals surface area contributed by atoms with E-state index in [1.54, 1.807) is 15.3 Å². The highest BCUT2D eigenvalue weighted by Crippen LogP contribution is 2.22. The molecule has 0 saturated heterocycles. The van der Waals surface area contributed by atoms with Gasteiger partial charge < -0.3 is 9.67 Å². The summed E-state index contributed by atoms with van der Waals surface area (Å²) in [5, 5.41) is 15.2. The largest absolute Gasteiger partial charge is 0.390 e. The Morgan fingerprint density at radius 2 is 1.83 bits per heavy atom. The van der Waals surface area contributed by atoms with Crippen LogP contribution < -0.4 is 5.56 Å². The summed E-state index contributed by atoms with van der Waals surface area (Å²) in [6, 6.07) is 16.8. The van der Waals surface area contributed by atoms with Crippen molar-refractivity contribution in [3.8, 4) is 17.1 Å². The summed E-state index contributed by atoms with van der Waals surface area (Å²) in [7, 11) is 0. The van der Waals surface area contributed by atoms with E-state index in [2.05, 4.69) is 57.9 Å². The van der Waals surface area contributed by atoms with Crippen LogP contribution in [-0.2, 0) is 13.2 Å². The lowest BCUT2D eigenvalue weighted by Crippen LogP contribution is -2.27. The molecule has 0 fully saturated rings. The van der Waals surface area contributed by atoms with Gasteiger partial charge in [0.05, 0.1) is 29.0 Å². The van der Waals surface area contributed by atoms with Crippen molar-refractivity contribution >= 4 is 58.8 Å². The van der Waals surface area contributed by atoms with Crippen LogP contribution in [0.25, 0.3) is 28.1 Å². The van der Waals surface area contributed by atoms with Crippen LogP contribution in [0.15, 0.2) is 63.9 Å². The number of hydrogen-bond acceptors (Lipinski definition) is 4. The van der Waals surface area contributed by atoms with Gasteiger partial charge in [-0.05, 0) is 42.5 Å². The molecule has 0 bridgehead atoms. The van der Waals surface area contributed by atoms with E-state index in [4.69, 9.17) is 0 Å². The van der Waals surface area contributed by atoms with Crippen molar-refractivity contribution < 1.29 is 5.11 Å². The quantitative estimate of drug-likeness (QED) is 0.329. The fourth-order valence-electron chi connectivity index (χ4n) is 3.24. The summed E-state index contributed by atoms with van der Waals surface area (Å²) in [6.07, 6.45) is 0. The van der Waals surface area contributed by atoms with Gasteiger partial charge >= 0.3 is 0 Å². The van der Waals surface area contributed by atoms with E-state index in [9.17, 15) is 9.90 Å². The average molecular weight is 597 g/mol. The number of aliphatic hydroxyl groups is 1. The Morgan fingerprint density at radius 1 is 1.10 bits per heavy atom. The molecular formula is C21H17Br3N4O2. The lowest BCUT2D eigenvalue weighted by molar-refractivity contribution is 0.273. The Bertz CT molecular complexity index is 1250. The van der Waals surface area contributed by atoms with Crippen LogP contribution >= 0.6 is 47.8 Å². The SMILES string of the molecule is O=c1c(-c2cc(CO)n(-c3ccc(Br)cc3)n2)nc2ccccc2n1CC(Br)CBr. The molecule has 0 aliphatic rings. The van der Waals surface area contributed by atoms with Crippen LogP contribution in [0.2, 0.25) is 0 Å². The lowest BCUT2D eigenvalue weighted by atomic mass is 10.2. The topological polar surface area (TPSA) is 72.9 Å². The number of aliphatic hydroxyl groups excluding tert-OH is 1. The molecule has 1 atom stereocenters. The van der Waals surface area contributed by atoms with Crippen molar-refractivity contribution in [2.45, 2.75) is 18.0 Å². The maximum absolute atomic E-state index is 13.4. The normalized spacial score (nSPS) is 12.4. The first-order valence-corrected chi connectivity index (χ1v) is 12.0. The minimum absolute atomic E-state index is 0.0854. The molecule has 0 radical (unpaired) electrons. The standard InChI is InChI=1S/C21H17Br3N4O2/c22-10-14(24)11-27-19-4-2-1-3-17(19)25-20(21(27)30)18-9-16(12-29)28(26-18)15-7-5-13(23)6-8-15/h1-9,14,29H,10-12H2. The Kier molecular flexibility index (Phi) is 6.52. The second kappa shape index (κ2) is 9.13. The van der Waals surface area contributed by atoms with Crippen molar-refractivity contribution in [3.05, 3.63) is 75.1 Å². The number of aromatic nitrogens is 4. The zero-order valence-electron chi connectivity index (χ0n) is 15.7. The van der Waals surface area contributed by atoms with Gasteiger partial charge in [0.15, 0.2) is 5.69 Å². The molecule has 154 valence electrons. The van der Waals surface area contributed by atoms with Crippen LogP contribution in [0.3, 0.4) is 0 Å². The number of benzene rings is 2. The molecule has 1 unspecified atom stereocenters. The smallest absolute Gasteiger partial charge is 0.279 e. The third kappa shape index (κ3) is 4.16. The Hall–Kier alpha value is -1.81. The van der Waals surface area contributed by atoms with Gasteiger partial charge in [-0.15, -0.1) is 0 Å². The number of rotatable bonds is 6. The zero-order chi connectivity index (χ0) is 21.3. The van der Waals surface area contributed by atoms with Gasteiger partial charge in [0.2, 0.25) is 0 Å². The van der Waals surface area contributed by atoms with E-state index in [1.807, 2.05) is 48.5 Å². The van der Waals surface area contributed by atoms with Gasteiger partial charge in [0.1, 0.15) is 5.69 Å². The molecule has 1 N–H and O–H groups in total. The Morgan fingerprint density at radius 3 is 2.53 bits per heavy atom. The predicted molar refractivity (Wildman–Crippen MR) is 129 cm³/mol. The summed E-state index contributed by atoms with van der Waals surface area (Å²) in [6.45, 7) is 0.276. The Balaban J connectivity index is 1.90. The molecule has 0 aliphatic heterocycles. The second-order valence-corrected chi connectivity index (χ2v) is 9.54. The molecule has 30 heavy (non-hydrogen) atoms. The van der Waals surface area contributed by atoms with Gasteiger partial charge in [0.25, 0.3) is 5.56 Å². The van der Waals surface area contributed by atoms with Crippen molar-refractivity contribution in [3.63, 3.8) is 0 Å². The predicted octanol–water partition coefficient (Wildman–Crippen LogP) is 4.66. The van der Waals surface area contributed by atoms with Crippen LogP contribution in [0.5, 0.6) is 0 Å². The van der Waals surface area contributed by atoms with Crippen molar-refractivity contribution in [2.75, 3.05) is 5.33 Å². The van der Waals surface area contributed by atoms with E-state index in [-0.39, 0.29) is 22.7 Å². The third-order valence-electron chi connectivity index (χ3n) is 4.66. The monoisotopic (exact) mass is 594 g/mol. The van der Waals surface area contributed by atoms with Gasteiger partial charge in [-0.3, -0.25) is 4.79 Å². The number of para-hydroxylation sites is 2. The molecule has 4 aromatic rings. The first-order chi connectivity index (χ1) is 14.5. The van der Waals surface area contributed by atoms with Gasteiger partial charge in [-0.25, -0.2) is 9.67 Å². The van der Waals surface area contributed by atoms with E-state index in [0.29, 0.717) is 28.8 Å². The van der Waals surface area contributed by atoms with Crippen LogP contribution in [-0.4, -0.2) is 34.6 Å². The molecule has 0 spiro atoms. The first kappa shape index (κ1) is 21.4. The van der Waals surface area contributed by atoms with E-state index < -0.39 is 0 Å². The van der Waals surface area contributed by atoms with Crippen LogP contribution in [0, 0.1) is 0 Å². The number of fused-ring (bicyclic) bond motifs is 1. The van der Waals surface area contributed by atoms with E-state index in [0.717, 1.165) is 15.7 Å². The fourth-order valence-corrected chi connectivity index (χ4v) is 4.00. The highest BCUT2D eigenvalue weighted by atomic mass is 79.9. The Labute approximate surface area is 198 Å². The molecule has 4 rings (SSSR count). The molecule has 0 amide bonds. The molecule has 2 heterocycles. The maximum Gasteiger partial charge on any atom is 0.279 e. The fraction of sp³-hybridized carbons (Fsp3) is 0.190. The number of halogens is 3. The minimum Gasteiger partial charge on any atom is -0.390 e. The van der Waals surface area contributed by atoms with Crippen molar-refractivity contribution in [2.24, 2.45) is 0 Å². The zero-order valence-corrected chi connectivity index (χ0v) is 20.4. The second-order valence-electron chi connectivity index (χ2n) is 6.68. The van der Waals surface area contributed by atoms with Crippen molar-refractivity contribution in [1.29, 1.82) is 0 Å². The highest BCUT2D eigenvalue weighted by Gasteiger charge is 2.19. The molecule has 2 aromatic heterocycles. The molecular weight excluding hydrogens is 580 g/mol. The summed E-state index contributed by atoms with van der Waals surface area (Å²) >= 11 is 10.5. The van der Waals surface area contributed by atoms with Gasteiger partial charge in [0, 0.05) is 21.2 Å². The van der Waals surface area contributed by atoms with E-state index in [1.165, 1.54) is 0 Å². The summed E-state index contributed by atoms with van der Waals surface area (Å²) in [5.41, 5.74) is 3.31. The number of nitrogens with zero attached hydrogens (tertiary/aromatic N) is 4. The molecule has 0 aliphatic carbocycles.